The number of methoxy groups -OCH3 is 2. The lowest BCUT2D eigenvalue weighted by Crippen LogP contribution is -2.52. The normalized spacial score (nSPS) is 15.1. The average Bonchev–Trinajstić information content (AvgIpc) is 2.56. The number of benzene rings is 1. The number of ether oxygens (including phenoxy) is 2. The number of likely N-dealkylation sites (N-methyl/N-ethyl adjacent to an activating group) is 2. The van der Waals surface area contributed by atoms with Gasteiger partial charge in [0.05, 0.1) is 14.2 Å². The number of phenols is 1. The Kier molecular flexibility index (Phi) is 4.55. The fourth-order valence-electron chi connectivity index (χ4n) is 2.12. The Balaban J connectivity index is 2.58. The highest BCUT2D eigenvalue weighted by Crippen LogP contribution is 2.36. The topological polar surface area (TPSA) is 79.3 Å². The summed E-state index contributed by atoms with van der Waals surface area (Å²) in [6, 6.07) is 2.99. The number of carbonyl (C=O) groups is 2. The smallest absolute Gasteiger partial charge is 0.265 e. The second-order valence-electron chi connectivity index (χ2n) is 4.84. The molecule has 23 heavy (non-hydrogen) atoms. The van der Waals surface area contributed by atoms with Crippen LogP contribution in [0.25, 0.3) is 6.08 Å². The highest BCUT2D eigenvalue weighted by atomic mass is 32.1. The largest absolute Gasteiger partial charge is 0.504 e. The molecule has 0 saturated carbocycles. The molecule has 122 valence electrons. The predicted octanol–water partition coefficient (Wildman–Crippen LogP) is 1.01. The zero-order chi connectivity index (χ0) is 17.3. The monoisotopic (exact) mass is 336 g/mol. The van der Waals surface area contributed by atoms with Crippen LogP contribution in [0.4, 0.5) is 0 Å². The lowest BCUT2D eigenvalue weighted by molar-refractivity contribution is -0.132. The zero-order valence-corrected chi connectivity index (χ0v) is 13.9. The summed E-state index contributed by atoms with van der Waals surface area (Å²) in [6.45, 7) is 0. The Labute approximate surface area is 138 Å². The molecule has 1 aliphatic rings. The number of carbonyl (C=O) groups excluding carboxylic acids is 2. The van der Waals surface area contributed by atoms with Gasteiger partial charge in [-0.05, 0) is 24.4 Å². The third-order valence-corrected chi connectivity index (χ3v) is 4.03. The van der Waals surface area contributed by atoms with E-state index in [0.29, 0.717) is 5.75 Å². The summed E-state index contributed by atoms with van der Waals surface area (Å²) < 4.78 is 10.2. The van der Waals surface area contributed by atoms with Crippen molar-refractivity contribution >= 4 is 35.2 Å². The van der Waals surface area contributed by atoms with Crippen LogP contribution in [-0.4, -0.2) is 60.1 Å². The number of rotatable bonds is 3. The van der Waals surface area contributed by atoms with Gasteiger partial charge in [0.25, 0.3) is 11.8 Å². The molecule has 1 aliphatic heterocycles. The SMILES string of the molecule is COc1cc(C=C2C(=O)N(C)C(=S)N(C)C2=O)c(O)c(OC)c1. The van der Waals surface area contributed by atoms with Gasteiger partial charge in [0, 0.05) is 25.7 Å². The first kappa shape index (κ1) is 16.8. The highest BCUT2D eigenvalue weighted by molar-refractivity contribution is 7.80. The number of nitrogens with zero attached hydrogens (tertiary/aromatic N) is 2. The number of thiocarbonyl (C=S) groups is 1. The van der Waals surface area contributed by atoms with Crippen molar-refractivity contribution in [2.45, 2.75) is 0 Å². The lowest BCUT2D eigenvalue weighted by Gasteiger charge is -2.31. The van der Waals surface area contributed by atoms with E-state index in [0.717, 1.165) is 0 Å². The minimum absolute atomic E-state index is 0.115. The van der Waals surface area contributed by atoms with Gasteiger partial charge in [-0.3, -0.25) is 19.4 Å². The predicted molar refractivity (Wildman–Crippen MR) is 87.3 cm³/mol. The molecule has 8 heteroatoms. The third-order valence-electron chi connectivity index (χ3n) is 3.48. The molecule has 0 aromatic heterocycles. The van der Waals surface area contributed by atoms with E-state index >= 15 is 0 Å². The van der Waals surface area contributed by atoms with Gasteiger partial charge in [-0.15, -0.1) is 0 Å². The Morgan fingerprint density at radius 1 is 1.09 bits per heavy atom. The Morgan fingerprint density at radius 3 is 2.13 bits per heavy atom. The van der Waals surface area contributed by atoms with Crippen molar-refractivity contribution < 1.29 is 24.2 Å². The van der Waals surface area contributed by atoms with Gasteiger partial charge in [0.1, 0.15) is 11.3 Å². The standard InChI is InChI=1S/C15H16N2O5S/c1-16-13(19)10(14(20)17(2)15(16)23)6-8-5-9(21-3)7-11(22-4)12(8)18/h5-7,18H,1-4H3. The van der Waals surface area contributed by atoms with Crippen molar-refractivity contribution in [3.8, 4) is 17.2 Å². The van der Waals surface area contributed by atoms with Crippen LogP contribution in [0, 0.1) is 0 Å². The Morgan fingerprint density at radius 2 is 1.65 bits per heavy atom. The van der Waals surface area contributed by atoms with Crippen molar-refractivity contribution in [1.29, 1.82) is 0 Å². The van der Waals surface area contributed by atoms with Crippen molar-refractivity contribution in [2.75, 3.05) is 28.3 Å². The molecule has 0 unspecified atom stereocenters. The van der Waals surface area contributed by atoms with Gasteiger partial charge in [-0.25, -0.2) is 0 Å². The first-order chi connectivity index (χ1) is 10.8. The van der Waals surface area contributed by atoms with Gasteiger partial charge < -0.3 is 14.6 Å². The molecule has 1 fully saturated rings. The van der Waals surface area contributed by atoms with Crippen LogP contribution in [0.1, 0.15) is 5.56 Å². The van der Waals surface area contributed by atoms with Gasteiger partial charge in [0.15, 0.2) is 16.6 Å². The second-order valence-corrected chi connectivity index (χ2v) is 5.20. The summed E-state index contributed by atoms with van der Waals surface area (Å²) in [4.78, 5) is 27.0. The maximum Gasteiger partial charge on any atom is 0.265 e. The molecule has 0 radical (unpaired) electrons. The van der Waals surface area contributed by atoms with Crippen LogP contribution in [0.15, 0.2) is 17.7 Å². The van der Waals surface area contributed by atoms with E-state index in [9.17, 15) is 14.7 Å². The molecule has 1 N–H and O–H groups in total. The zero-order valence-electron chi connectivity index (χ0n) is 13.1. The van der Waals surface area contributed by atoms with Gasteiger partial charge >= 0.3 is 0 Å². The number of aromatic hydroxyl groups is 1. The van der Waals surface area contributed by atoms with Crippen LogP contribution < -0.4 is 9.47 Å². The van der Waals surface area contributed by atoms with E-state index < -0.39 is 11.8 Å². The second kappa shape index (κ2) is 6.25. The summed E-state index contributed by atoms with van der Waals surface area (Å²) >= 11 is 5.02. The number of hydrogen-bond acceptors (Lipinski definition) is 6. The Hall–Kier alpha value is -2.61. The molecule has 2 rings (SSSR count). The van der Waals surface area contributed by atoms with E-state index in [1.807, 2.05) is 0 Å². The molecule has 1 aromatic rings. The average molecular weight is 336 g/mol. The molecule has 7 nitrogen and oxygen atoms in total. The van der Waals surface area contributed by atoms with Crippen LogP contribution in [0.5, 0.6) is 17.2 Å². The maximum atomic E-state index is 12.3. The molecule has 0 atom stereocenters. The lowest BCUT2D eigenvalue weighted by atomic mass is 10.1. The quantitative estimate of drug-likeness (QED) is 0.504. The van der Waals surface area contributed by atoms with Gasteiger partial charge in [-0.2, -0.15) is 0 Å². The van der Waals surface area contributed by atoms with E-state index in [2.05, 4.69) is 0 Å². The van der Waals surface area contributed by atoms with Gasteiger partial charge in [0.2, 0.25) is 0 Å². The molecule has 0 aliphatic carbocycles. The minimum Gasteiger partial charge on any atom is -0.504 e. The Bertz CT molecular complexity index is 703. The van der Waals surface area contributed by atoms with Crippen LogP contribution in [0.3, 0.4) is 0 Å². The number of phenolic OH excluding ortho intramolecular Hbond substituents is 1. The maximum absolute atomic E-state index is 12.3. The fourth-order valence-corrected chi connectivity index (χ4v) is 2.28. The molecule has 1 heterocycles. The summed E-state index contributed by atoms with van der Waals surface area (Å²) in [7, 11) is 5.81. The fraction of sp³-hybridized carbons (Fsp3) is 0.267. The van der Waals surface area contributed by atoms with Gasteiger partial charge in [-0.1, -0.05) is 0 Å². The minimum atomic E-state index is -0.542. The van der Waals surface area contributed by atoms with Crippen LogP contribution in [0.2, 0.25) is 0 Å². The van der Waals surface area contributed by atoms with E-state index in [1.54, 1.807) is 0 Å². The van der Waals surface area contributed by atoms with Crippen molar-refractivity contribution in [3.05, 3.63) is 23.3 Å². The van der Waals surface area contributed by atoms with Crippen molar-refractivity contribution in [2.24, 2.45) is 0 Å². The molecule has 1 saturated heterocycles. The number of amides is 2. The highest BCUT2D eigenvalue weighted by Gasteiger charge is 2.35. The molecular formula is C15H16N2O5S. The molecule has 0 spiro atoms. The van der Waals surface area contributed by atoms with E-state index in [4.69, 9.17) is 21.7 Å². The summed E-state index contributed by atoms with van der Waals surface area (Å²) in [5, 5.41) is 10.3. The van der Waals surface area contributed by atoms with E-state index in [-0.39, 0.29) is 27.7 Å². The number of hydrogen-bond donors (Lipinski definition) is 1. The van der Waals surface area contributed by atoms with Crippen molar-refractivity contribution in [1.82, 2.24) is 9.80 Å². The van der Waals surface area contributed by atoms with Crippen molar-refractivity contribution in [3.63, 3.8) is 0 Å². The molecular weight excluding hydrogens is 320 g/mol. The molecule has 1 aromatic carbocycles. The van der Waals surface area contributed by atoms with E-state index in [1.165, 1.54) is 56.3 Å². The molecule has 2 amide bonds. The van der Waals surface area contributed by atoms with Crippen LogP contribution >= 0.6 is 12.2 Å². The third kappa shape index (κ3) is 2.85. The molecule has 0 bridgehead atoms. The summed E-state index contributed by atoms with van der Waals surface area (Å²) in [6.07, 6.45) is 1.29. The summed E-state index contributed by atoms with van der Waals surface area (Å²) in [5.74, 6) is -0.693. The first-order valence-corrected chi connectivity index (χ1v) is 6.99. The first-order valence-electron chi connectivity index (χ1n) is 6.58. The van der Waals surface area contributed by atoms with Crippen LogP contribution in [-0.2, 0) is 9.59 Å². The summed E-state index contributed by atoms with van der Waals surface area (Å²) in [5.41, 5.74) is 0.113.